The third kappa shape index (κ3) is 12.9. The highest BCUT2D eigenvalue weighted by Gasteiger charge is 2.52. The molecule has 2 aliphatic rings. The number of hydrogen-bond acceptors (Lipinski definition) is 16. The van der Waals surface area contributed by atoms with Gasteiger partial charge < -0.3 is 0 Å². The van der Waals surface area contributed by atoms with Gasteiger partial charge in [0.15, 0.2) is 11.1 Å². The van der Waals surface area contributed by atoms with Crippen molar-refractivity contribution in [2.75, 3.05) is 0 Å². The standard InChI is InChI=1S/C78H88N10O2S6/c1-11-21-25-47(15-5)39-77(40-48(16-6)26-22-12-2)59-35-58-60(36-57(59)71-61(77)37-63(91-71)55-31-29-51(67-69(55)85-95-83-67)33-65-73(89)87(19-9)75(93-65)53(43-79)44-80)78(41-49(17-7)27-23-13-3,42-50(18-8)28-24-14-4)62-38-64(92-72(58)62)56-32-30-52(68-70(56)86-96-84-68)34-66-74(90)88(20-10)76(94-66)54(45-81)46-82/h29-38,47-50H,11-28,39-42H2,1-10H3/b65-33-,66-34-. The Labute approximate surface area is 589 Å². The summed E-state index contributed by atoms with van der Waals surface area (Å²) in [6.45, 7) is 23.4. The number of unbranched alkanes of at least 4 members (excludes halogenated alkanes) is 4. The van der Waals surface area contributed by atoms with Crippen LogP contribution in [0.25, 0.3) is 87.1 Å². The Morgan fingerprint density at radius 2 is 0.781 bits per heavy atom. The predicted octanol–water partition coefficient (Wildman–Crippen LogP) is 18.7. The number of hydrogen-bond donors (Lipinski definition) is 0. The summed E-state index contributed by atoms with van der Waals surface area (Å²) in [5.41, 5.74) is 14.3. The quantitative estimate of drug-likeness (QED) is 0.0419. The second-order valence-electron chi connectivity index (χ2n) is 26.8. The first-order chi connectivity index (χ1) is 46.7. The molecule has 2 aliphatic carbocycles. The van der Waals surface area contributed by atoms with E-state index in [1.807, 2.05) is 72.9 Å². The maximum Gasteiger partial charge on any atom is 0.269 e. The average molecular weight is 1390 g/mol. The zero-order valence-electron chi connectivity index (χ0n) is 57.4. The fourth-order valence-electron chi connectivity index (χ4n) is 15.9. The Morgan fingerprint density at radius 1 is 0.448 bits per heavy atom. The van der Waals surface area contributed by atoms with Gasteiger partial charge >= 0.3 is 0 Å². The SMILES string of the molecule is CCCCC(CC)CC1(CC(CC)CCCC)c2cc3c(cc2-c2sc(-c4ccc(/C=c5\sc(=C(C#N)C#N)n(CC)c5=O)c5nsnc45)cc21)C(CC(CC)CCCC)(CC(CC)CCCC)c1cc(-c2ccc(/C=c4\sc(=C(C#N)C#N)n(CC)c4=O)c4nsnc24)sc1-3. The summed E-state index contributed by atoms with van der Waals surface area (Å²) in [7, 11) is 0. The molecule has 0 saturated carbocycles. The Bertz CT molecular complexity index is 4560. The molecule has 0 bridgehead atoms. The van der Waals surface area contributed by atoms with E-state index < -0.39 is 0 Å². The van der Waals surface area contributed by atoms with Crippen molar-refractivity contribution in [2.24, 2.45) is 23.7 Å². The molecule has 498 valence electrons. The molecule has 4 unspecified atom stereocenters. The Balaban J connectivity index is 1.17. The molecule has 96 heavy (non-hydrogen) atoms. The first-order valence-electron chi connectivity index (χ1n) is 35.3. The van der Waals surface area contributed by atoms with Gasteiger partial charge in [0.05, 0.1) is 32.5 Å². The number of nitriles is 4. The number of rotatable bonds is 30. The monoisotopic (exact) mass is 1390 g/mol. The number of thiazole rings is 2. The molecule has 6 aromatic heterocycles. The van der Waals surface area contributed by atoms with Gasteiger partial charge in [0, 0.05) is 65.7 Å². The molecule has 0 fully saturated rings. The van der Waals surface area contributed by atoms with Crippen molar-refractivity contribution >= 4 is 114 Å². The van der Waals surface area contributed by atoms with Gasteiger partial charge in [-0.3, -0.25) is 18.7 Å². The van der Waals surface area contributed by atoms with Gasteiger partial charge in [-0.2, -0.15) is 38.5 Å². The van der Waals surface area contributed by atoms with Crippen LogP contribution in [0.3, 0.4) is 0 Å². The predicted molar refractivity (Wildman–Crippen MR) is 403 cm³/mol. The molecule has 12 nitrogen and oxygen atoms in total. The van der Waals surface area contributed by atoms with Gasteiger partial charge in [0.25, 0.3) is 11.1 Å². The number of benzene rings is 3. The zero-order valence-corrected chi connectivity index (χ0v) is 62.3. The van der Waals surface area contributed by atoms with Crippen LogP contribution in [0.4, 0.5) is 0 Å². The minimum absolute atomic E-state index is 0.0728. The molecule has 11 rings (SSSR count). The molecule has 18 heteroatoms. The van der Waals surface area contributed by atoms with Crippen LogP contribution in [-0.2, 0) is 23.9 Å². The van der Waals surface area contributed by atoms with E-state index in [1.54, 1.807) is 0 Å². The van der Waals surface area contributed by atoms with Crippen LogP contribution < -0.4 is 29.5 Å². The van der Waals surface area contributed by atoms with E-state index in [-0.39, 0.29) is 33.1 Å². The van der Waals surface area contributed by atoms with Gasteiger partial charge in [-0.05, 0) is 133 Å². The lowest BCUT2D eigenvalue weighted by Crippen LogP contribution is -2.32. The summed E-state index contributed by atoms with van der Waals surface area (Å²) in [5, 5.41) is 39.4. The van der Waals surface area contributed by atoms with E-state index in [9.17, 15) is 30.6 Å². The summed E-state index contributed by atoms with van der Waals surface area (Å²) >= 11 is 8.58. The normalized spacial score (nSPS) is 17.0. The van der Waals surface area contributed by atoms with E-state index in [2.05, 4.69) is 104 Å². The van der Waals surface area contributed by atoms with Crippen molar-refractivity contribution in [3.8, 4) is 66.0 Å². The number of fused-ring (bicyclic) bond motifs is 8. The number of aromatic nitrogens is 6. The van der Waals surface area contributed by atoms with Crippen LogP contribution in [0.5, 0.6) is 0 Å². The molecule has 4 atom stereocenters. The van der Waals surface area contributed by atoms with Crippen LogP contribution in [-0.4, -0.2) is 26.6 Å². The van der Waals surface area contributed by atoms with Crippen LogP contribution >= 0.6 is 68.8 Å². The third-order valence-corrected chi connectivity index (χ3v) is 26.9. The van der Waals surface area contributed by atoms with Gasteiger partial charge in [0.2, 0.25) is 0 Å². The summed E-state index contributed by atoms with van der Waals surface area (Å²) in [6.07, 6.45) is 26.7. The van der Waals surface area contributed by atoms with Crippen LogP contribution in [0, 0.1) is 69.0 Å². The highest BCUT2D eigenvalue weighted by Crippen LogP contribution is 2.66. The Hall–Kier alpha value is -7.00. The lowest BCUT2D eigenvalue weighted by molar-refractivity contribution is 0.264. The average Bonchev–Trinajstić information content (AvgIpc) is 1.52. The second-order valence-corrected chi connectivity index (χ2v) is 32.0. The van der Waals surface area contributed by atoms with Crippen molar-refractivity contribution in [1.29, 1.82) is 21.0 Å². The molecule has 0 N–H and O–H groups in total. The van der Waals surface area contributed by atoms with Gasteiger partial charge in [-0.1, -0.05) is 182 Å². The summed E-state index contributed by atoms with van der Waals surface area (Å²) in [4.78, 5) is 33.0. The van der Waals surface area contributed by atoms with Crippen LogP contribution in [0.1, 0.15) is 231 Å². The van der Waals surface area contributed by atoms with E-state index >= 15 is 0 Å². The minimum Gasteiger partial charge on any atom is -0.298 e. The van der Waals surface area contributed by atoms with Crippen LogP contribution in [0.15, 0.2) is 58.1 Å². The zero-order chi connectivity index (χ0) is 68.0. The van der Waals surface area contributed by atoms with Crippen molar-refractivity contribution < 1.29 is 0 Å². The summed E-state index contributed by atoms with van der Waals surface area (Å²) < 4.78 is 24.6. The number of thiophene rings is 2. The molecule has 0 amide bonds. The highest BCUT2D eigenvalue weighted by atomic mass is 32.1. The van der Waals surface area contributed by atoms with Gasteiger partial charge in [-0.25, -0.2) is 0 Å². The molecule has 3 aromatic carbocycles. The first-order valence-corrected chi connectivity index (χ1v) is 40.0. The summed E-state index contributed by atoms with van der Waals surface area (Å²) in [5.74, 6) is 2.07. The largest absolute Gasteiger partial charge is 0.298 e. The topological polar surface area (TPSA) is 191 Å². The van der Waals surface area contributed by atoms with E-state index in [4.69, 9.17) is 17.5 Å². The minimum atomic E-state index is -0.272. The van der Waals surface area contributed by atoms with Crippen molar-refractivity contribution in [3.05, 3.63) is 121 Å². The van der Waals surface area contributed by atoms with Crippen molar-refractivity contribution in [1.82, 2.24) is 26.6 Å². The molecule has 0 radical (unpaired) electrons. The van der Waals surface area contributed by atoms with E-state index in [1.165, 1.54) is 160 Å². The second kappa shape index (κ2) is 30.8. The maximum atomic E-state index is 13.9. The first kappa shape index (κ1) is 70.3. The van der Waals surface area contributed by atoms with Crippen LogP contribution in [0.2, 0.25) is 0 Å². The van der Waals surface area contributed by atoms with E-state index in [0.717, 1.165) is 121 Å². The fraction of sp³-hybridized carbons (Fsp3) is 0.487. The molecule has 0 spiro atoms. The third-order valence-electron chi connectivity index (χ3n) is 21.2. The molecule has 0 saturated heterocycles. The lowest BCUT2D eigenvalue weighted by atomic mass is 9.63. The molecular weight excluding hydrogens is 1300 g/mol. The molecular formula is C78H88N10O2S6. The van der Waals surface area contributed by atoms with Crippen molar-refractivity contribution in [3.63, 3.8) is 0 Å². The molecule has 9 aromatic rings. The summed E-state index contributed by atoms with van der Waals surface area (Å²) in [6, 6.07) is 27.2. The smallest absolute Gasteiger partial charge is 0.269 e. The fourth-order valence-corrected chi connectivity index (χ4v) is 21.9. The molecule has 6 heterocycles. The van der Waals surface area contributed by atoms with E-state index in [0.29, 0.717) is 55.2 Å². The highest BCUT2D eigenvalue weighted by molar-refractivity contribution is 7.20. The van der Waals surface area contributed by atoms with Gasteiger partial charge in [0.1, 0.15) is 55.7 Å². The molecule has 0 aliphatic heterocycles. The lowest BCUT2D eigenvalue weighted by Gasteiger charge is -2.40. The van der Waals surface area contributed by atoms with Crippen molar-refractivity contribution in [2.45, 2.75) is 222 Å². The number of nitrogens with zero attached hydrogens (tertiary/aromatic N) is 10. The maximum absolute atomic E-state index is 13.9. The Morgan fingerprint density at radius 3 is 1.08 bits per heavy atom. The Kier molecular flexibility index (Phi) is 22.6. The van der Waals surface area contributed by atoms with Gasteiger partial charge in [-0.15, -0.1) is 45.3 Å².